The van der Waals surface area contributed by atoms with Crippen molar-refractivity contribution in [1.82, 2.24) is 21.0 Å². The van der Waals surface area contributed by atoms with Crippen LogP contribution in [0.5, 0.6) is 0 Å². The van der Waals surface area contributed by atoms with Gasteiger partial charge in [-0.15, -0.1) is 0 Å². The molecule has 1 aliphatic heterocycles. The van der Waals surface area contributed by atoms with E-state index in [1.165, 1.54) is 12.2 Å². The summed E-state index contributed by atoms with van der Waals surface area (Å²) < 4.78 is 5.33. The number of primary amides is 1. The van der Waals surface area contributed by atoms with E-state index in [2.05, 4.69) is 16.0 Å². The van der Waals surface area contributed by atoms with E-state index in [1.807, 2.05) is 74.5 Å². The largest absolute Gasteiger partial charge is 0.445 e. The number of nitrogens with two attached hydrogens (primary N) is 1. The van der Waals surface area contributed by atoms with Crippen molar-refractivity contribution in [3.8, 4) is 0 Å². The zero-order valence-electron chi connectivity index (χ0n) is 26.0. The predicted octanol–water partition coefficient (Wildman–Crippen LogP) is 2.53. The maximum atomic E-state index is 13.7. The smallest absolute Gasteiger partial charge is 0.408 e. The van der Waals surface area contributed by atoms with Crippen LogP contribution in [0.1, 0.15) is 50.7 Å². The zero-order valence-corrected chi connectivity index (χ0v) is 26.0. The molecule has 5 amide bonds. The van der Waals surface area contributed by atoms with Crippen molar-refractivity contribution in [3.05, 3.63) is 83.4 Å². The highest BCUT2D eigenvalue weighted by molar-refractivity contribution is 5.95. The van der Waals surface area contributed by atoms with Crippen LogP contribution in [0.3, 0.4) is 0 Å². The lowest BCUT2D eigenvalue weighted by atomic mass is 10.0. The average Bonchev–Trinajstić information content (AvgIpc) is 3.37. The second kappa shape index (κ2) is 17.6. The molecule has 0 spiro atoms. The van der Waals surface area contributed by atoms with Crippen molar-refractivity contribution in [2.24, 2.45) is 11.7 Å². The van der Waals surface area contributed by atoms with Crippen molar-refractivity contribution in [3.63, 3.8) is 0 Å². The molecule has 12 nitrogen and oxygen atoms in total. The number of rotatable bonds is 16. The van der Waals surface area contributed by atoms with E-state index in [0.717, 1.165) is 11.1 Å². The molecule has 1 heterocycles. The van der Waals surface area contributed by atoms with Gasteiger partial charge in [0.05, 0.1) is 13.7 Å². The van der Waals surface area contributed by atoms with E-state index in [9.17, 15) is 24.0 Å². The van der Waals surface area contributed by atoms with Crippen LogP contribution in [0.2, 0.25) is 0 Å². The van der Waals surface area contributed by atoms with Gasteiger partial charge in [0.2, 0.25) is 17.7 Å². The first kappa shape index (κ1) is 34.8. The Bertz CT molecular complexity index is 1330. The molecule has 2 aromatic carbocycles. The van der Waals surface area contributed by atoms with Gasteiger partial charge >= 0.3 is 6.09 Å². The molecular formula is C33H43N5O7. The van der Waals surface area contributed by atoms with E-state index in [4.69, 9.17) is 15.3 Å². The summed E-state index contributed by atoms with van der Waals surface area (Å²) in [5.41, 5.74) is 7.40. The van der Waals surface area contributed by atoms with Crippen molar-refractivity contribution < 1.29 is 33.5 Å². The highest BCUT2D eigenvalue weighted by Crippen LogP contribution is 2.19. The van der Waals surface area contributed by atoms with Gasteiger partial charge in [-0.3, -0.25) is 24.0 Å². The van der Waals surface area contributed by atoms with Gasteiger partial charge in [-0.25, -0.2) is 9.86 Å². The molecular weight excluding hydrogens is 578 g/mol. The molecule has 2 aromatic rings. The minimum atomic E-state index is -1.04. The van der Waals surface area contributed by atoms with E-state index in [1.54, 1.807) is 6.08 Å². The van der Waals surface area contributed by atoms with Crippen LogP contribution in [0, 0.1) is 5.92 Å². The molecule has 3 atom stereocenters. The van der Waals surface area contributed by atoms with E-state index < -0.39 is 41.9 Å². The quantitative estimate of drug-likeness (QED) is 0.209. The SMILES string of the molecule is CON1CC/C(=C\[C@H](CCC(N)=O)NC(=O)[C@H](Cc2ccccc2)NC(=O)[C@H](CC(C)C)NC(=O)OCc2ccccc2)C1=O. The second-order valence-corrected chi connectivity index (χ2v) is 11.3. The van der Waals surface area contributed by atoms with Gasteiger partial charge in [0.15, 0.2) is 0 Å². The Morgan fingerprint density at radius 2 is 1.53 bits per heavy atom. The summed E-state index contributed by atoms with van der Waals surface area (Å²) in [6.45, 7) is 4.23. The van der Waals surface area contributed by atoms with E-state index in [0.29, 0.717) is 25.0 Å². The molecule has 1 fully saturated rings. The minimum Gasteiger partial charge on any atom is -0.445 e. The molecule has 1 aliphatic rings. The van der Waals surface area contributed by atoms with Gasteiger partial charge in [-0.1, -0.05) is 80.6 Å². The van der Waals surface area contributed by atoms with Gasteiger partial charge in [0.1, 0.15) is 18.7 Å². The Morgan fingerprint density at radius 1 is 0.911 bits per heavy atom. The highest BCUT2D eigenvalue weighted by atomic mass is 16.7. The van der Waals surface area contributed by atoms with Crippen molar-refractivity contribution in [2.45, 2.75) is 70.7 Å². The lowest BCUT2D eigenvalue weighted by Crippen LogP contribution is -2.55. The number of benzene rings is 2. The fourth-order valence-electron chi connectivity index (χ4n) is 4.88. The summed E-state index contributed by atoms with van der Waals surface area (Å²) >= 11 is 0. The number of hydrogen-bond donors (Lipinski definition) is 4. The topological polar surface area (TPSA) is 169 Å². The number of carbonyl (C=O) groups excluding carboxylic acids is 5. The zero-order chi connectivity index (χ0) is 32.8. The normalized spacial score (nSPS) is 15.8. The number of nitrogens with one attached hydrogen (secondary N) is 3. The van der Waals surface area contributed by atoms with Gasteiger partial charge in [-0.05, 0) is 36.3 Å². The Morgan fingerprint density at radius 3 is 2.11 bits per heavy atom. The number of hydroxylamine groups is 2. The van der Waals surface area contributed by atoms with E-state index >= 15 is 0 Å². The summed E-state index contributed by atoms with van der Waals surface area (Å²) in [6.07, 6.45) is 1.84. The molecule has 45 heavy (non-hydrogen) atoms. The highest BCUT2D eigenvalue weighted by Gasteiger charge is 2.31. The molecule has 0 saturated carbocycles. The monoisotopic (exact) mass is 621 g/mol. The third kappa shape index (κ3) is 11.7. The summed E-state index contributed by atoms with van der Waals surface area (Å²) in [7, 11) is 1.40. The van der Waals surface area contributed by atoms with Crippen LogP contribution in [0.4, 0.5) is 4.79 Å². The maximum absolute atomic E-state index is 13.7. The molecule has 3 rings (SSSR count). The van der Waals surface area contributed by atoms with Crippen molar-refractivity contribution >= 4 is 29.7 Å². The fourth-order valence-corrected chi connectivity index (χ4v) is 4.88. The Labute approximate surface area is 263 Å². The van der Waals surface area contributed by atoms with Crippen molar-refractivity contribution in [2.75, 3.05) is 13.7 Å². The molecule has 12 heteroatoms. The number of ether oxygens (including phenoxy) is 1. The number of amides is 5. The lowest BCUT2D eigenvalue weighted by Gasteiger charge is -2.25. The minimum absolute atomic E-state index is 0.0297. The average molecular weight is 622 g/mol. The standard InChI is InChI=1S/C33H43N5O7/c1-22(2)18-27(37-33(43)45-21-24-12-8-5-9-13-24)31(41)36-28(19-23-10-6-4-7-11-23)30(40)35-26(14-15-29(34)39)20-25-16-17-38(44-3)32(25)42/h4-13,20,22,26-28H,14-19,21H2,1-3H3,(H2,34,39)(H,35,40)(H,36,41)(H,37,43)/b25-20+/t26-,27-,28-/m0/s1. The first-order valence-electron chi connectivity index (χ1n) is 15.0. The van der Waals surface area contributed by atoms with Crippen LogP contribution >= 0.6 is 0 Å². The molecule has 0 aromatic heterocycles. The van der Waals surface area contributed by atoms with E-state index in [-0.39, 0.29) is 37.7 Å². The van der Waals surface area contributed by atoms with Crippen LogP contribution < -0.4 is 21.7 Å². The summed E-state index contributed by atoms with van der Waals surface area (Å²) in [4.78, 5) is 69.3. The molecule has 0 unspecified atom stereocenters. The predicted molar refractivity (Wildman–Crippen MR) is 167 cm³/mol. The Hall–Kier alpha value is -4.71. The fraction of sp³-hybridized carbons (Fsp3) is 0.424. The summed E-state index contributed by atoms with van der Waals surface area (Å²) in [5, 5.41) is 9.54. The van der Waals surface area contributed by atoms with Crippen LogP contribution in [-0.2, 0) is 41.8 Å². The Balaban J connectivity index is 1.78. The van der Waals surface area contributed by atoms with Crippen LogP contribution in [-0.4, -0.2) is 66.6 Å². The first-order valence-corrected chi connectivity index (χ1v) is 15.0. The number of hydrogen-bond acceptors (Lipinski definition) is 7. The van der Waals surface area contributed by atoms with Gasteiger partial charge < -0.3 is 26.4 Å². The third-order valence-corrected chi connectivity index (χ3v) is 7.18. The Kier molecular flexibility index (Phi) is 13.6. The maximum Gasteiger partial charge on any atom is 0.408 e. The molecule has 242 valence electrons. The molecule has 0 bridgehead atoms. The van der Waals surface area contributed by atoms with Crippen molar-refractivity contribution in [1.29, 1.82) is 0 Å². The van der Waals surface area contributed by atoms with Gasteiger partial charge in [0.25, 0.3) is 5.91 Å². The first-order chi connectivity index (χ1) is 21.5. The number of alkyl carbamates (subject to hydrolysis) is 1. The number of carbonyl (C=O) groups is 5. The van der Waals surface area contributed by atoms with Gasteiger partial charge in [-0.2, -0.15) is 0 Å². The molecule has 0 aliphatic carbocycles. The molecule has 1 saturated heterocycles. The second-order valence-electron chi connectivity index (χ2n) is 11.3. The summed E-state index contributed by atoms with van der Waals surface area (Å²) in [6, 6.07) is 15.6. The molecule has 5 N–H and O–H groups in total. The molecule has 0 radical (unpaired) electrons. The number of nitrogens with zero attached hydrogens (tertiary/aromatic N) is 1. The van der Waals surface area contributed by atoms with Gasteiger partial charge in [0, 0.05) is 24.5 Å². The summed E-state index contributed by atoms with van der Waals surface area (Å²) in [5.74, 6) is -1.92. The third-order valence-electron chi connectivity index (χ3n) is 7.18. The van der Waals surface area contributed by atoms with Crippen LogP contribution in [0.25, 0.3) is 0 Å². The lowest BCUT2D eigenvalue weighted by molar-refractivity contribution is -0.164. The van der Waals surface area contributed by atoms with Crippen LogP contribution in [0.15, 0.2) is 72.3 Å².